The minimum absolute atomic E-state index is 0.0264. The first-order valence-electron chi connectivity index (χ1n) is 12.3. The van der Waals surface area contributed by atoms with Gasteiger partial charge in [-0.05, 0) is 57.9 Å². The summed E-state index contributed by atoms with van der Waals surface area (Å²) in [6, 6.07) is 2.41. The van der Waals surface area contributed by atoms with Crippen LogP contribution in [0.3, 0.4) is 0 Å². The number of hydrogen-bond acceptors (Lipinski definition) is 4. The lowest BCUT2D eigenvalue weighted by atomic mass is 10.1. The van der Waals surface area contributed by atoms with Crippen molar-refractivity contribution in [1.29, 1.82) is 0 Å². The Labute approximate surface area is 191 Å². The quantitative estimate of drug-likeness (QED) is 0.706. The van der Waals surface area contributed by atoms with Crippen molar-refractivity contribution in [2.45, 2.75) is 97.6 Å². The third-order valence-corrected chi connectivity index (χ3v) is 7.42. The van der Waals surface area contributed by atoms with Gasteiger partial charge in [-0.15, -0.1) is 0 Å². The molecule has 1 aliphatic heterocycles. The average molecular weight is 440 g/mol. The molecule has 1 N–H and O–H groups in total. The van der Waals surface area contributed by atoms with Crippen LogP contribution in [0, 0.1) is 19.8 Å². The molecule has 3 heterocycles. The molecular weight excluding hydrogens is 402 g/mol. The maximum absolute atomic E-state index is 12.9. The zero-order valence-electron chi connectivity index (χ0n) is 20.0. The van der Waals surface area contributed by atoms with E-state index in [9.17, 15) is 9.59 Å². The summed E-state index contributed by atoms with van der Waals surface area (Å²) in [5, 5.41) is 8.06. The van der Waals surface area contributed by atoms with E-state index in [1.54, 1.807) is 0 Å². The predicted molar refractivity (Wildman–Crippen MR) is 124 cm³/mol. The first-order valence-corrected chi connectivity index (χ1v) is 12.3. The molecule has 0 radical (unpaired) electrons. The fourth-order valence-electron chi connectivity index (χ4n) is 5.27. The molecule has 0 spiro atoms. The van der Waals surface area contributed by atoms with Gasteiger partial charge in [0.15, 0.2) is 5.65 Å². The molecule has 0 bridgehead atoms. The Hall–Kier alpha value is -2.44. The summed E-state index contributed by atoms with van der Waals surface area (Å²) in [7, 11) is 0. The number of aromatic nitrogens is 3. The van der Waals surface area contributed by atoms with Gasteiger partial charge in [0.05, 0.1) is 11.7 Å². The van der Waals surface area contributed by atoms with Crippen molar-refractivity contribution in [3.63, 3.8) is 0 Å². The van der Waals surface area contributed by atoms with E-state index in [4.69, 9.17) is 10.1 Å². The van der Waals surface area contributed by atoms with Gasteiger partial charge in [0, 0.05) is 42.4 Å². The van der Waals surface area contributed by atoms with E-state index in [-0.39, 0.29) is 23.8 Å². The molecule has 7 nitrogen and oxygen atoms in total. The molecule has 2 atom stereocenters. The normalized spacial score (nSPS) is 20.2. The second-order valence-electron chi connectivity index (χ2n) is 9.65. The Kier molecular flexibility index (Phi) is 6.82. The van der Waals surface area contributed by atoms with Crippen LogP contribution in [0.25, 0.3) is 5.65 Å². The van der Waals surface area contributed by atoms with Crippen LogP contribution < -0.4 is 5.32 Å². The van der Waals surface area contributed by atoms with Crippen molar-refractivity contribution in [1.82, 2.24) is 24.8 Å². The summed E-state index contributed by atoms with van der Waals surface area (Å²) < 4.78 is 1.90. The molecule has 1 saturated carbocycles. The summed E-state index contributed by atoms with van der Waals surface area (Å²) in [6.07, 6.45) is 8.57. The summed E-state index contributed by atoms with van der Waals surface area (Å²) >= 11 is 0. The highest BCUT2D eigenvalue weighted by molar-refractivity contribution is 5.79. The number of rotatable bonds is 7. The molecule has 0 unspecified atom stereocenters. The standard InChI is InChI=1S/C25H37N5O2/c1-5-16(2)25(32)29-14-8-11-22(29)21-15-23-26-17(3)20(18(4)30(23)28-21)12-13-24(31)27-19-9-6-7-10-19/h15-16,19,22H,5-14H2,1-4H3,(H,27,31)/t16-,22+/m1/s1. The second-order valence-corrected chi connectivity index (χ2v) is 9.65. The Morgan fingerprint density at radius 2 is 1.94 bits per heavy atom. The van der Waals surface area contributed by atoms with Crippen LogP contribution in [0.1, 0.15) is 93.9 Å². The number of carbonyl (C=O) groups excluding carboxylic acids is 2. The molecule has 2 aromatic rings. The van der Waals surface area contributed by atoms with Crippen LogP contribution in [-0.4, -0.2) is 43.9 Å². The van der Waals surface area contributed by atoms with Crippen molar-refractivity contribution in [3.8, 4) is 0 Å². The summed E-state index contributed by atoms with van der Waals surface area (Å²) in [4.78, 5) is 32.1. The fraction of sp³-hybridized carbons (Fsp3) is 0.680. The smallest absolute Gasteiger partial charge is 0.225 e. The maximum atomic E-state index is 12.9. The highest BCUT2D eigenvalue weighted by Crippen LogP contribution is 2.33. The van der Waals surface area contributed by atoms with E-state index < -0.39 is 0 Å². The molecule has 7 heteroatoms. The minimum Gasteiger partial charge on any atom is -0.353 e. The number of nitrogens with zero attached hydrogens (tertiary/aromatic N) is 4. The van der Waals surface area contributed by atoms with Crippen LogP contribution >= 0.6 is 0 Å². The van der Waals surface area contributed by atoms with Gasteiger partial charge in [0.1, 0.15) is 0 Å². The van der Waals surface area contributed by atoms with E-state index in [1.165, 1.54) is 12.8 Å². The third-order valence-electron chi connectivity index (χ3n) is 7.42. The Morgan fingerprint density at radius 3 is 2.66 bits per heavy atom. The monoisotopic (exact) mass is 439 g/mol. The molecule has 2 fully saturated rings. The molecule has 174 valence electrons. The molecule has 1 aliphatic carbocycles. The van der Waals surface area contributed by atoms with Crippen LogP contribution in [0.5, 0.6) is 0 Å². The number of hydrogen-bond donors (Lipinski definition) is 1. The maximum Gasteiger partial charge on any atom is 0.225 e. The lowest BCUT2D eigenvalue weighted by Gasteiger charge is -2.26. The van der Waals surface area contributed by atoms with Crippen molar-refractivity contribution >= 4 is 17.5 Å². The topological polar surface area (TPSA) is 79.6 Å². The number of likely N-dealkylation sites (tertiary alicyclic amines) is 1. The number of carbonyl (C=O) groups is 2. The van der Waals surface area contributed by atoms with Crippen molar-refractivity contribution in [2.24, 2.45) is 5.92 Å². The van der Waals surface area contributed by atoms with E-state index in [1.807, 2.05) is 29.3 Å². The van der Waals surface area contributed by atoms with Crippen LogP contribution in [0.2, 0.25) is 0 Å². The summed E-state index contributed by atoms with van der Waals surface area (Å²) in [5.41, 5.74) is 4.81. The van der Waals surface area contributed by atoms with E-state index in [0.717, 1.165) is 66.9 Å². The molecular formula is C25H37N5O2. The van der Waals surface area contributed by atoms with Crippen molar-refractivity contribution in [2.75, 3.05) is 6.54 Å². The first kappa shape index (κ1) is 22.7. The molecule has 0 aromatic carbocycles. The predicted octanol–water partition coefficient (Wildman–Crippen LogP) is 4.05. The van der Waals surface area contributed by atoms with E-state index >= 15 is 0 Å². The van der Waals surface area contributed by atoms with Crippen molar-refractivity contribution < 1.29 is 9.59 Å². The number of aryl methyl sites for hydroxylation is 2. The Morgan fingerprint density at radius 1 is 1.19 bits per heavy atom. The van der Waals surface area contributed by atoms with Crippen LogP contribution in [0.4, 0.5) is 0 Å². The molecule has 2 aromatic heterocycles. The molecule has 1 saturated heterocycles. The van der Waals surface area contributed by atoms with Gasteiger partial charge in [0.25, 0.3) is 0 Å². The third kappa shape index (κ3) is 4.52. The van der Waals surface area contributed by atoms with Crippen LogP contribution in [0.15, 0.2) is 6.07 Å². The highest BCUT2D eigenvalue weighted by atomic mass is 16.2. The SMILES string of the molecule is CC[C@@H](C)C(=O)N1CCC[C@H]1c1cc2nc(C)c(CCC(=O)NC3CCCC3)c(C)n2n1. The van der Waals surface area contributed by atoms with Gasteiger partial charge in [0.2, 0.25) is 11.8 Å². The fourth-order valence-corrected chi connectivity index (χ4v) is 5.27. The lowest BCUT2D eigenvalue weighted by Crippen LogP contribution is -2.34. The average Bonchev–Trinajstić information content (AvgIpc) is 3.52. The number of amides is 2. The molecule has 2 aliphatic rings. The van der Waals surface area contributed by atoms with Gasteiger partial charge < -0.3 is 10.2 Å². The van der Waals surface area contributed by atoms with Gasteiger partial charge in [-0.1, -0.05) is 26.7 Å². The van der Waals surface area contributed by atoms with Gasteiger partial charge in [-0.2, -0.15) is 5.10 Å². The summed E-state index contributed by atoms with van der Waals surface area (Å²) in [6.45, 7) is 8.93. The van der Waals surface area contributed by atoms with Crippen molar-refractivity contribution in [3.05, 3.63) is 28.7 Å². The second kappa shape index (κ2) is 9.59. The summed E-state index contributed by atoms with van der Waals surface area (Å²) in [5.74, 6) is 0.390. The molecule has 32 heavy (non-hydrogen) atoms. The Bertz CT molecular complexity index is 992. The zero-order valence-corrected chi connectivity index (χ0v) is 20.0. The number of nitrogens with one attached hydrogen (secondary N) is 1. The lowest BCUT2D eigenvalue weighted by molar-refractivity contribution is -0.136. The zero-order chi connectivity index (χ0) is 22.8. The van der Waals surface area contributed by atoms with Gasteiger partial charge >= 0.3 is 0 Å². The molecule has 2 amide bonds. The first-order chi connectivity index (χ1) is 15.4. The Balaban J connectivity index is 1.52. The minimum atomic E-state index is 0.0264. The van der Waals surface area contributed by atoms with E-state index in [0.29, 0.717) is 18.9 Å². The molecule has 4 rings (SSSR count). The number of fused-ring (bicyclic) bond motifs is 1. The van der Waals surface area contributed by atoms with Gasteiger partial charge in [-0.3, -0.25) is 9.59 Å². The van der Waals surface area contributed by atoms with Crippen LogP contribution in [-0.2, 0) is 16.0 Å². The largest absolute Gasteiger partial charge is 0.353 e. The van der Waals surface area contributed by atoms with E-state index in [2.05, 4.69) is 19.2 Å². The highest BCUT2D eigenvalue weighted by Gasteiger charge is 2.33. The van der Waals surface area contributed by atoms with Gasteiger partial charge in [-0.25, -0.2) is 9.50 Å².